The first-order valence-corrected chi connectivity index (χ1v) is 6.69. The highest BCUT2D eigenvalue weighted by atomic mass is 35.5. The Bertz CT molecular complexity index is 795. The van der Waals surface area contributed by atoms with Gasteiger partial charge in [0.15, 0.2) is 0 Å². The summed E-state index contributed by atoms with van der Waals surface area (Å²) in [5, 5.41) is 0.489. The van der Waals surface area contributed by atoms with Crippen molar-refractivity contribution in [3.8, 4) is 11.4 Å². The zero-order valence-electron chi connectivity index (χ0n) is 10.9. The summed E-state index contributed by atoms with van der Waals surface area (Å²) in [6.45, 7) is 2.69. The van der Waals surface area contributed by atoms with Crippen LogP contribution in [0.25, 0.3) is 22.4 Å². The molecule has 3 aromatic rings. The van der Waals surface area contributed by atoms with Gasteiger partial charge in [-0.1, -0.05) is 11.6 Å². The average molecular weight is 290 g/mol. The van der Waals surface area contributed by atoms with Gasteiger partial charge in [-0.2, -0.15) is 0 Å². The van der Waals surface area contributed by atoms with Crippen LogP contribution in [0.4, 0.5) is 10.1 Å². The number of rotatable bonds is 2. The summed E-state index contributed by atoms with van der Waals surface area (Å²) in [6.07, 6.45) is 0. The Hall–Kier alpha value is -2.07. The lowest BCUT2D eigenvalue weighted by atomic mass is 10.2. The van der Waals surface area contributed by atoms with Gasteiger partial charge >= 0.3 is 0 Å². The minimum absolute atomic E-state index is 0.269. The number of hydrogen-bond acceptors (Lipinski definition) is 2. The van der Waals surface area contributed by atoms with Gasteiger partial charge < -0.3 is 10.3 Å². The molecule has 0 fully saturated rings. The lowest BCUT2D eigenvalue weighted by Crippen LogP contribution is -1.98. The summed E-state index contributed by atoms with van der Waals surface area (Å²) >= 11 is 6.06. The molecule has 0 aliphatic rings. The number of anilines is 1. The zero-order valence-corrected chi connectivity index (χ0v) is 11.7. The number of hydrogen-bond donors (Lipinski definition) is 1. The van der Waals surface area contributed by atoms with Crippen LogP contribution in [-0.4, -0.2) is 9.55 Å². The standard InChI is InChI=1S/C15H13ClFN3/c1-2-20-14-8-10(17)4-6-13(14)19-15(20)9-3-5-12(18)11(16)7-9/h3-8H,2,18H2,1H3. The van der Waals surface area contributed by atoms with Crippen LogP contribution in [0.1, 0.15) is 6.92 Å². The third kappa shape index (κ3) is 2.02. The van der Waals surface area contributed by atoms with Crippen molar-refractivity contribution in [2.24, 2.45) is 0 Å². The van der Waals surface area contributed by atoms with Crippen molar-refractivity contribution in [1.29, 1.82) is 0 Å². The molecule has 102 valence electrons. The fourth-order valence-electron chi connectivity index (χ4n) is 2.30. The zero-order chi connectivity index (χ0) is 14.3. The Balaban J connectivity index is 2.27. The van der Waals surface area contributed by atoms with Crippen molar-refractivity contribution in [2.75, 3.05) is 5.73 Å². The van der Waals surface area contributed by atoms with E-state index in [0.29, 0.717) is 17.3 Å². The Labute approximate surface area is 120 Å². The van der Waals surface area contributed by atoms with E-state index in [1.165, 1.54) is 12.1 Å². The largest absolute Gasteiger partial charge is 0.398 e. The summed E-state index contributed by atoms with van der Waals surface area (Å²) < 4.78 is 15.4. The summed E-state index contributed by atoms with van der Waals surface area (Å²) in [4.78, 5) is 4.56. The van der Waals surface area contributed by atoms with E-state index in [1.807, 2.05) is 17.6 Å². The molecule has 0 aliphatic heterocycles. The molecular formula is C15H13ClFN3. The lowest BCUT2D eigenvalue weighted by molar-refractivity contribution is 0.628. The van der Waals surface area contributed by atoms with Crippen molar-refractivity contribution in [3.63, 3.8) is 0 Å². The van der Waals surface area contributed by atoms with Gasteiger partial charge in [0.05, 0.1) is 21.7 Å². The number of nitrogens with two attached hydrogens (primary N) is 1. The molecule has 5 heteroatoms. The number of halogens is 2. The van der Waals surface area contributed by atoms with E-state index in [0.717, 1.165) is 22.4 Å². The quantitative estimate of drug-likeness (QED) is 0.722. The molecule has 2 N–H and O–H groups in total. The molecule has 0 saturated heterocycles. The van der Waals surface area contributed by atoms with Crippen LogP contribution in [0.2, 0.25) is 5.02 Å². The van der Waals surface area contributed by atoms with Crippen molar-refractivity contribution in [3.05, 3.63) is 47.2 Å². The average Bonchev–Trinajstić information content (AvgIpc) is 2.79. The molecular weight excluding hydrogens is 277 g/mol. The van der Waals surface area contributed by atoms with E-state index in [1.54, 1.807) is 18.2 Å². The van der Waals surface area contributed by atoms with E-state index in [-0.39, 0.29) is 5.82 Å². The maximum atomic E-state index is 13.4. The molecule has 0 aliphatic carbocycles. The van der Waals surface area contributed by atoms with Crippen LogP contribution in [0.15, 0.2) is 36.4 Å². The lowest BCUT2D eigenvalue weighted by Gasteiger charge is -2.07. The molecule has 1 aromatic heterocycles. The van der Waals surface area contributed by atoms with Crippen LogP contribution in [0.5, 0.6) is 0 Å². The Kier molecular flexibility index (Phi) is 3.10. The third-order valence-corrected chi connectivity index (χ3v) is 3.61. The Morgan fingerprint density at radius 1 is 1.25 bits per heavy atom. The molecule has 0 radical (unpaired) electrons. The fraction of sp³-hybridized carbons (Fsp3) is 0.133. The highest BCUT2D eigenvalue weighted by Crippen LogP contribution is 2.29. The maximum absolute atomic E-state index is 13.4. The monoisotopic (exact) mass is 289 g/mol. The van der Waals surface area contributed by atoms with Gasteiger partial charge in [-0.25, -0.2) is 9.37 Å². The number of aryl methyl sites for hydroxylation is 1. The second kappa shape index (κ2) is 4.80. The minimum atomic E-state index is -0.269. The second-order valence-corrected chi connectivity index (χ2v) is 4.96. The van der Waals surface area contributed by atoms with E-state index < -0.39 is 0 Å². The molecule has 3 rings (SSSR count). The minimum Gasteiger partial charge on any atom is -0.398 e. The van der Waals surface area contributed by atoms with Crippen molar-refractivity contribution < 1.29 is 4.39 Å². The highest BCUT2D eigenvalue weighted by molar-refractivity contribution is 6.33. The molecule has 0 bridgehead atoms. The molecule has 1 heterocycles. The van der Waals surface area contributed by atoms with Crippen molar-refractivity contribution in [1.82, 2.24) is 9.55 Å². The molecule has 0 atom stereocenters. The number of benzene rings is 2. The molecule has 3 nitrogen and oxygen atoms in total. The topological polar surface area (TPSA) is 43.8 Å². The first kappa shape index (κ1) is 12.9. The maximum Gasteiger partial charge on any atom is 0.141 e. The van der Waals surface area contributed by atoms with E-state index in [2.05, 4.69) is 4.98 Å². The van der Waals surface area contributed by atoms with Crippen molar-refractivity contribution in [2.45, 2.75) is 13.5 Å². The van der Waals surface area contributed by atoms with E-state index in [9.17, 15) is 4.39 Å². The SMILES string of the molecule is CCn1c(-c2ccc(N)c(Cl)c2)nc2ccc(F)cc21. The number of fused-ring (bicyclic) bond motifs is 1. The predicted octanol–water partition coefficient (Wildman–Crippen LogP) is 4.10. The van der Waals surface area contributed by atoms with Gasteiger partial charge in [0.1, 0.15) is 11.6 Å². The molecule has 0 unspecified atom stereocenters. The van der Waals surface area contributed by atoms with Crippen LogP contribution < -0.4 is 5.73 Å². The molecule has 20 heavy (non-hydrogen) atoms. The molecule has 0 amide bonds. The number of nitrogen functional groups attached to an aromatic ring is 1. The van der Waals surface area contributed by atoms with Crippen LogP contribution in [-0.2, 0) is 6.54 Å². The molecule has 0 spiro atoms. The second-order valence-electron chi connectivity index (χ2n) is 4.55. The normalized spacial score (nSPS) is 11.2. The van der Waals surface area contributed by atoms with Crippen molar-refractivity contribution >= 4 is 28.3 Å². The summed E-state index contributed by atoms with van der Waals surface area (Å²) in [6, 6.07) is 9.98. The van der Waals surface area contributed by atoms with Gasteiger partial charge in [0.25, 0.3) is 0 Å². The Morgan fingerprint density at radius 2 is 2.05 bits per heavy atom. The number of imidazole rings is 1. The summed E-state index contributed by atoms with van der Waals surface area (Å²) in [5.41, 5.74) is 8.65. The van der Waals surface area contributed by atoms with Gasteiger partial charge in [0, 0.05) is 12.1 Å². The van der Waals surface area contributed by atoms with E-state index >= 15 is 0 Å². The fourth-order valence-corrected chi connectivity index (χ4v) is 2.48. The predicted molar refractivity (Wildman–Crippen MR) is 80.2 cm³/mol. The first-order chi connectivity index (χ1) is 9.60. The summed E-state index contributed by atoms with van der Waals surface area (Å²) in [7, 11) is 0. The Morgan fingerprint density at radius 3 is 2.75 bits per heavy atom. The van der Waals surface area contributed by atoms with Gasteiger partial charge in [-0.3, -0.25) is 0 Å². The summed E-state index contributed by atoms with van der Waals surface area (Å²) in [5.74, 6) is 0.490. The van der Waals surface area contributed by atoms with Crippen LogP contribution in [0, 0.1) is 5.82 Å². The van der Waals surface area contributed by atoms with Crippen LogP contribution in [0.3, 0.4) is 0 Å². The van der Waals surface area contributed by atoms with Gasteiger partial charge in [0.2, 0.25) is 0 Å². The third-order valence-electron chi connectivity index (χ3n) is 3.29. The molecule has 0 saturated carbocycles. The smallest absolute Gasteiger partial charge is 0.141 e. The van der Waals surface area contributed by atoms with Crippen LogP contribution >= 0.6 is 11.6 Å². The number of nitrogens with zero attached hydrogens (tertiary/aromatic N) is 2. The molecule has 2 aromatic carbocycles. The first-order valence-electron chi connectivity index (χ1n) is 6.31. The van der Waals surface area contributed by atoms with Gasteiger partial charge in [-0.05, 0) is 43.3 Å². The van der Waals surface area contributed by atoms with E-state index in [4.69, 9.17) is 17.3 Å². The van der Waals surface area contributed by atoms with Gasteiger partial charge in [-0.15, -0.1) is 0 Å². The number of aromatic nitrogens is 2. The highest BCUT2D eigenvalue weighted by Gasteiger charge is 2.13.